The van der Waals surface area contributed by atoms with E-state index in [0.29, 0.717) is 30.9 Å². The molecule has 2 aromatic carbocycles. The Bertz CT molecular complexity index is 1030. The average molecular weight is 379 g/mol. The van der Waals surface area contributed by atoms with Gasteiger partial charge < -0.3 is 10.2 Å². The highest BCUT2D eigenvalue weighted by atomic mass is 19.1. The maximum absolute atomic E-state index is 13.3. The van der Waals surface area contributed by atoms with Gasteiger partial charge in [-0.2, -0.15) is 0 Å². The van der Waals surface area contributed by atoms with E-state index in [1.165, 1.54) is 23.0 Å². The molecule has 1 fully saturated rings. The second-order valence-electron chi connectivity index (χ2n) is 6.55. The molecule has 0 unspecified atom stereocenters. The van der Waals surface area contributed by atoms with Crippen LogP contribution in [-0.4, -0.2) is 33.4 Å². The lowest BCUT2D eigenvalue weighted by Gasteiger charge is -2.19. The molecule has 1 aliphatic rings. The van der Waals surface area contributed by atoms with E-state index in [9.17, 15) is 14.0 Å². The molecule has 1 N–H and O–H groups in total. The quantitative estimate of drug-likeness (QED) is 0.739. The number of halogens is 1. The highest BCUT2D eigenvalue weighted by molar-refractivity contribution is 6.07. The van der Waals surface area contributed by atoms with Gasteiger partial charge in [0.1, 0.15) is 5.82 Å². The second-order valence-corrected chi connectivity index (χ2v) is 6.55. The Morgan fingerprint density at radius 3 is 2.82 bits per heavy atom. The molecule has 2 heterocycles. The number of carbonyl (C=O) groups excluding carboxylic acids is 2. The minimum absolute atomic E-state index is 0.0442. The standard InChI is InChI=1S/C20H18FN5O2/c21-15-6-3-5-14(11-15)12-25-13-17(23-24-25)20(28)22-16-7-1-2-8-18(16)26-10-4-9-19(26)27/h1-3,5-8,11,13H,4,9-10,12H2,(H,22,28). The molecule has 1 aromatic heterocycles. The molecule has 142 valence electrons. The number of anilines is 2. The van der Waals surface area contributed by atoms with Crippen molar-refractivity contribution in [3.8, 4) is 0 Å². The summed E-state index contributed by atoms with van der Waals surface area (Å²) in [5.74, 6) is -0.712. The molecule has 0 atom stereocenters. The Morgan fingerprint density at radius 2 is 2.04 bits per heavy atom. The van der Waals surface area contributed by atoms with E-state index in [-0.39, 0.29) is 17.4 Å². The molecule has 1 aliphatic heterocycles. The molecule has 0 saturated carbocycles. The van der Waals surface area contributed by atoms with Crippen LogP contribution in [0.15, 0.2) is 54.7 Å². The van der Waals surface area contributed by atoms with Gasteiger partial charge in [0, 0.05) is 13.0 Å². The van der Waals surface area contributed by atoms with E-state index < -0.39 is 5.91 Å². The minimum atomic E-state index is -0.426. The lowest BCUT2D eigenvalue weighted by Crippen LogP contribution is -2.25. The molecule has 3 aromatic rings. The Kier molecular flexibility index (Phi) is 4.84. The highest BCUT2D eigenvalue weighted by Gasteiger charge is 2.24. The van der Waals surface area contributed by atoms with Crippen LogP contribution in [0, 0.1) is 5.82 Å². The fraction of sp³-hybridized carbons (Fsp3) is 0.200. The molecule has 1 saturated heterocycles. The average Bonchev–Trinajstić information content (AvgIpc) is 3.31. The summed E-state index contributed by atoms with van der Waals surface area (Å²) in [4.78, 5) is 26.3. The van der Waals surface area contributed by atoms with Crippen LogP contribution in [0.1, 0.15) is 28.9 Å². The van der Waals surface area contributed by atoms with Crippen LogP contribution in [0.3, 0.4) is 0 Å². The van der Waals surface area contributed by atoms with Gasteiger partial charge in [-0.05, 0) is 36.2 Å². The van der Waals surface area contributed by atoms with Gasteiger partial charge in [0.2, 0.25) is 5.91 Å². The number of benzene rings is 2. The number of hydrogen-bond acceptors (Lipinski definition) is 4. The molecule has 0 radical (unpaired) electrons. The van der Waals surface area contributed by atoms with Crippen molar-refractivity contribution in [2.75, 3.05) is 16.8 Å². The summed E-state index contributed by atoms with van der Waals surface area (Å²) in [6.07, 6.45) is 2.82. The van der Waals surface area contributed by atoms with Gasteiger partial charge in [0.15, 0.2) is 5.69 Å². The van der Waals surface area contributed by atoms with Crippen molar-refractivity contribution in [2.24, 2.45) is 0 Å². The van der Waals surface area contributed by atoms with Crippen LogP contribution in [0.25, 0.3) is 0 Å². The molecule has 8 heteroatoms. The van der Waals surface area contributed by atoms with E-state index in [0.717, 1.165) is 12.0 Å². The van der Waals surface area contributed by atoms with Gasteiger partial charge in [-0.25, -0.2) is 9.07 Å². The Hall–Kier alpha value is -3.55. The first-order valence-corrected chi connectivity index (χ1v) is 8.95. The topological polar surface area (TPSA) is 80.1 Å². The van der Waals surface area contributed by atoms with E-state index in [1.807, 2.05) is 6.07 Å². The maximum atomic E-state index is 13.3. The predicted octanol–water partition coefficient (Wildman–Crippen LogP) is 2.84. The van der Waals surface area contributed by atoms with Crippen LogP contribution in [-0.2, 0) is 11.3 Å². The largest absolute Gasteiger partial charge is 0.319 e. The van der Waals surface area contributed by atoms with Crippen molar-refractivity contribution < 1.29 is 14.0 Å². The van der Waals surface area contributed by atoms with E-state index in [4.69, 9.17) is 0 Å². The molecule has 0 bridgehead atoms. The number of aromatic nitrogens is 3. The van der Waals surface area contributed by atoms with Gasteiger partial charge in [-0.15, -0.1) is 5.10 Å². The summed E-state index contributed by atoms with van der Waals surface area (Å²) in [7, 11) is 0. The normalized spacial score (nSPS) is 13.8. The van der Waals surface area contributed by atoms with Crippen LogP contribution < -0.4 is 10.2 Å². The van der Waals surface area contributed by atoms with Crippen LogP contribution >= 0.6 is 0 Å². The lowest BCUT2D eigenvalue weighted by molar-refractivity contribution is -0.117. The van der Waals surface area contributed by atoms with Crippen molar-refractivity contribution >= 4 is 23.2 Å². The molecular formula is C20H18FN5O2. The number of nitrogens with one attached hydrogen (secondary N) is 1. The number of carbonyl (C=O) groups is 2. The third-order valence-corrected chi connectivity index (χ3v) is 4.52. The number of para-hydroxylation sites is 2. The van der Waals surface area contributed by atoms with Crippen molar-refractivity contribution in [3.05, 3.63) is 71.8 Å². The van der Waals surface area contributed by atoms with Gasteiger partial charge in [0.05, 0.1) is 24.1 Å². The zero-order valence-electron chi connectivity index (χ0n) is 15.0. The fourth-order valence-electron chi connectivity index (χ4n) is 3.21. The van der Waals surface area contributed by atoms with E-state index in [1.54, 1.807) is 35.2 Å². The van der Waals surface area contributed by atoms with Crippen molar-refractivity contribution in [3.63, 3.8) is 0 Å². The smallest absolute Gasteiger partial charge is 0.277 e. The van der Waals surface area contributed by atoms with Gasteiger partial charge >= 0.3 is 0 Å². The Morgan fingerprint density at radius 1 is 1.18 bits per heavy atom. The summed E-state index contributed by atoms with van der Waals surface area (Å²) in [5.41, 5.74) is 2.07. The van der Waals surface area contributed by atoms with Crippen LogP contribution in [0.4, 0.5) is 15.8 Å². The first-order valence-electron chi connectivity index (χ1n) is 8.95. The summed E-state index contributed by atoms with van der Waals surface area (Å²) in [6.45, 7) is 0.937. The molecular weight excluding hydrogens is 361 g/mol. The highest BCUT2D eigenvalue weighted by Crippen LogP contribution is 2.29. The SMILES string of the molecule is O=C(Nc1ccccc1N1CCCC1=O)c1cn(Cc2cccc(F)c2)nn1. The Balaban J connectivity index is 1.49. The summed E-state index contributed by atoms with van der Waals surface area (Å²) < 4.78 is 14.8. The maximum Gasteiger partial charge on any atom is 0.277 e. The third kappa shape index (κ3) is 3.75. The van der Waals surface area contributed by atoms with Crippen molar-refractivity contribution in [1.29, 1.82) is 0 Å². The first kappa shape index (κ1) is 17.8. The summed E-state index contributed by atoms with van der Waals surface area (Å²) in [5, 5.41) is 10.6. The van der Waals surface area contributed by atoms with Gasteiger partial charge in [-0.1, -0.05) is 29.5 Å². The third-order valence-electron chi connectivity index (χ3n) is 4.52. The molecule has 0 spiro atoms. The lowest BCUT2D eigenvalue weighted by atomic mass is 10.2. The number of hydrogen-bond donors (Lipinski definition) is 1. The summed E-state index contributed by atoms with van der Waals surface area (Å²) in [6, 6.07) is 13.3. The van der Waals surface area contributed by atoms with Crippen molar-refractivity contribution in [1.82, 2.24) is 15.0 Å². The van der Waals surface area contributed by atoms with Crippen molar-refractivity contribution in [2.45, 2.75) is 19.4 Å². The first-order chi connectivity index (χ1) is 13.6. The van der Waals surface area contributed by atoms with E-state index >= 15 is 0 Å². The monoisotopic (exact) mass is 379 g/mol. The summed E-state index contributed by atoms with van der Waals surface area (Å²) >= 11 is 0. The molecule has 2 amide bonds. The van der Waals surface area contributed by atoms with E-state index in [2.05, 4.69) is 15.6 Å². The minimum Gasteiger partial charge on any atom is -0.319 e. The Labute approximate surface area is 160 Å². The zero-order valence-corrected chi connectivity index (χ0v) is 15.0. The number of nitrogens with zero attached hydrogens (tertiary/aromatic N) is 4. The van der Waals surface area contributed by atoms with Crippen LogP contribution in [0.2, 0.25) is 0 Å². The van der Waals surface area contributed by atoms with Crippen LogP contribution in [0.5, 0.6) is 0 Å². The molecule has 7 nitrogen and oxygen atoms in total. The molecule has 0 aliphatic carbocycles. The van der Waals surface area contributed by atoms with Gasteiger partial charge in [-0.3, -0.25) is 9.59 Å². The number of rotatable bonds is 5. The molecule has 28 heavy (non-hydrogen) atoms. The fourth-order valence-corrected chi connectivity index (χ4v) is 3.21. The second kappa shape index (κ2) is 7.59. The molecule has 4 rings (SSSR count). The predicted molar refractivity (Wildman–Crippen MR) is 102 cm³/mol. The van der Waals surface area contributed by atoms with Gasteiger partial charge in [0.25, 0.3) is 5.91 Å². The number of amides is 2. The zero-order chi connectivity index (χ0) is 19.5.